The molecule has 118 valence electrons. The summed E-state index contributed by atoms with van der Waals surface area (Å²) < 4.78 is 0. The first-order valence-electron chi connectivity index (χ1n) is 7.51. The highest BCUT2D eigenvalue weighted by atomic mass is 16.2. The molecule has 0 unspecified atom stereocenters. The second-order valence-corrected chi connectivity index (χ2v) is 5.76. The maximum atomic E-state index is 12.6. The Bertz CT molecular complexity index is 727. The second-order valence-electron chi connectivity index (χ2n) is 5.76. The molecule has 3 N–H and O–H groups in total. The number of nitrogens with one attached hydrogen (secondary N) is 1. The molecule has 0 fully saturated rings. The number of nitrogens with zero attached hydrogens (tertiary/aromatic N) is 1. The lowest BCUT2D eigenvalue weighted by molar-refractivity contribution is -0.132. The summed E-state index contributed by atoms with van der Waals surface area (Å²) in [5.74, 6) is -0.180. The number of rotatable bonds is 3. The van der Waals surface area contributed by atoms with Crippen molar-refractivity contribution in [1.29, 1.82) is 0 Å². The van der Waals surface area contributed by atoms with Crippen molar-refractivity contribution < 1.29 is 9.59 Å². The number of urea groups is 1. The molecule has 3 amide bonds. The van der Waals surface area contributed by atoms with E-state index in [-0.39, 0.29) is 11.9 Å². The predicted molar refractivity (Wildman–Crippen MR) is 88.7 cm³/mol. The SMILES string of the molecule is C[C@H](NC(N)=O)C(=O)N(C)C1c2ccccc2-c2ccccc21. The van der Waals surface area contributed by atoms with E-state index in [4.69, 9.17) is 5.73 Å². The zero-order valence-corrected chi connectivity index (χ0v) is 13.1. The van der Waals surface area contributed by atoms with Crippen LogP contribution in [-0.4, -0.2) is 29.9 Å². The van der Waals surface area contributed by atoms with E-state index in [9.17, 15) is 9.59 Å². The van der Waals surface area contributed by atoms with Crippen molar-refractivity contribution in [2.45, 2.75) is 19.0 Å². The fourth-order valence-corrected chi connectivity index (χ4v) is 3.25. The van der Waals surface area contributed by atoms with Gasteiger partial charge in [-0.1, -0.05) is 48.5 Å². The molecule has 1 atom stereocenters. The van der Waals surface area contributed by atoms with Gasteiger partial charge in [-0.3, -0.25) is 4.79 Å². The first-order chi connectivity index (χ1) is 11.0. The summed E-state index contributed by atoms with van der Waals surface area (Å²) in [6.45, 7) is 1.64. The van der Waals surface area contributed by atoms with E-state index in [0.29, 0.717) is 0 Å². The molecule has 2 aromatic rings. The highest BCUT2D eigenvalue weighted by molar-refractivity contribution is 5.88. The van der Waals surface area contributed by atoms with Gasteiger partial charge in [-0.05, 0) is 29.2 Å². The van der Waals surface area contributed by atoms with Gasteiger partial charge in [0.15, 0.2) is 0 Å². The standard InChI is InChI=1S/C18H19N3O2/c1-11(20-18(19)23)17(22)21(2)16-14-9-5-3-7-12(14)13-8-4-6-10-15(13)16/h3-11,16H,1-2H3,(H3,19,20,23)/t11-/m0/s1. The van der Waals surface area contributed by atoms with E-state index in [0.717, 1.165) is 22.3 Å². The van der Waals surface area contributed by atoms with Crippen molar-refractivity contribution in [3.63, 3.8) is 0 Å². The third-order valence-electron chi connectivity index (χ3n) is 4.27. The molecular weight excluding hydrogens is 290 g/mol. The van der Waals surface area contributed by atoms with E-state index in [1.54, 1.807) is 18.9 Å². The van der Waals surface area contributed by atoms with Crippen LogP contribution in [0.5, 0.6) is 0 Å². The molecule has 0 aromatic heterocycles. The molecule has 2 aromatic carbocycles. The lowest BCUT2D eigenvalue weighted by atomic mass is 10.0. The number of hydrogen-bond acceptors (Lipinski definition) is 2. The summed E-state index contributed by atoms with van der Waals surface area (Å²) in [5.41, 5.74) is 9.59. The molecule has 0 saturated heterocycles. The van der Waals surface area contributed by atoms with Crippen molar-refractivity contribution in [2.75, 3.05) is 7.05 Å². The van der Waals surface area contributed by atoms with Crippen LogP contribution in [0.1, 0.15) is 24.1 Å². The van der Waals surface area contributed by atoms with Crippen molar-refractivity contribution in [3.8, 4) is 11.1 Å². The van der Waals surface area contributed by atoms with Gasteiger partial charge in [0.25, 0.3) is 0 Å². The van der Waals surface area contributed by atoms with E-state index in [1.807, 2.05) is 36.4 Å². The van der Waals surface area contributed by atoms with Crippen LogP contribution in [0.15, 0.2) is 48.5 Å². The first-order valence-corrected chi connectivity index (χ1v) is 7.51. The summed E-state index contributed by atoms with van der Waals surface area (Å²) in [4.78, 5) is 25.3. The average molecular weight is 309 g/mol. The zero-order chi connectivity index (χ0) is 16.6. The van der Waals surface area contributed by atoms with E-state index in [1.165, 1.54) is 0 Å². The Kier molecular flexibility index (Phi) is 3.78. The predicted octanol–water partition coefficient (Wildman–Crippen LogP) is 2.27. The monoisotopic (exact) mass is 309 g/mol. The molecule has 0 radical (unpaired) electrons. The van der Waals surface area contributed by atoms with Crippen LogP contribution in [-0.2, 0) is 4.79 Å². The third kappa shape index (κ3) is 2.54. The Morgan fingerprint density at radius 1 is 1.04 bits per heavy atom. The number of amides is 3. The molecule has 0 bridgehead atoms. The van der Waals surface area contributed by atoms with Gasteiger partial charge in [0.2, 0.25) is 5.91 Å². The summed E-state index contributed by atoms with van der Waals surface area (Å²) >= 11 is 0. The minimum atomic E-state index is -0.702. The smallest absolute Gasteiger partial charge is 0.312 e. The van der Waals surface area contributed by atoms with Crippen LogP contribution in [0.3, 0.4) is 0 Å². The fraction of sp³-hybridized carbons (Fsp3) is 0.222. The van der Waals surface area contributed by atoms with Gasteiger partial charge in [0.1, 0.15) is 6.04 Å². The molecule has 5 nitrogen and oxygen atoms in total. The second kappa shape index (κ2) is 5.76. The normalized spacial score (nSPS) is 13.8. The summed E-state index contributed by atoms with van der Waals surface area (Å²) in [5, 5.41) is 2.44. The Hall–Kier alpha value is -2.82. The van der Waals surface area contributed by atoms with Gasteiger partial charge in [-0.15, -0.1) is 0 Å². The van der Waals surface area contributed by atoms with Gasteiger partial charge in [0, 0.05) is 7.05 Å². The lowest BCUT2D eigenvalue weighted by Gasteiger charge is -2.29. The van der Waals surface area contributed by atoms with Crippen LogP contribution in [0.25, 0.3) is 11.1 Å². The molecule has 1 aliphatic rings. The number of benzene rings is 2. The van der Waals surface area contributed by atoms with Gasteiger partial charge in [-0.2, -0.15) is 0 Å². The summed E-state index contributed by atoms with van der Waals surface area (Å²) in [7, 11) is 1.76. The molecule has 0 heterocycles. The van der Waals surface area contributed by atoms with Gasteiger partial charge < -0.3 is 16.0 Å². The summed E-state index contributed by atoms with van der Waals surface area (Å²) in [6, 6.07) is 14.6. The maximum Gasteiger partial charge on any atom is 0.312 e. The minimum Gasteiger partial charge on any atom is -0.352 e. The summed E-state index contributed by atoms with van der Waals surface area (Å²) in [6.07, 6.45) is 0. The van der Waals surface area contributed by atoms with Crippen LogP contribution in [0, 0.1) is 0 Å². The molecular formula is C18H19N3O2. The largest absolute Gasteiger partial charge is 0.352 e. The van der Waals surface area contributed by atoms with Crippen molar-refractivity contribution in [3.05, 3.63) is 59.7 Å². The van der Waals surface area contributed by atoms with Gasteiger partial charge in [0.05, 0.1) is 6.04 Å². The third-order valence-corrected chi connectivity index (χ3v) is 4.27. The van der Waals surface area contributed by atoms with Crippen LogP contribution in [0.2, 0.25) is 0 Å². The fourth-order valence-electron chi connectivity index (χ4n) is 3.25. The van der Waals surface area contributed by atoms with Gasteiger partial charge in [-0.25, -0.2) is 4.79 Å². The lowest BCUT2D eigenvalue weighted by Crippen LogP contribution is -2.48. The molecule has 23 heavy (non-hydrogen) atoms. The van der Waals surface area contributed by atoms with Crippen molar-refractivity contribution in [2.24, 2.45) is 5.73 Å². The molecule has 3 rings (SSSR count). The molecule has 0 spiro atoms. The molecule has 5 heteroatoms. The van der Waals surface area contributed by atoms with E-state index in [2.05, 4.69) is 17.4 Å². The Morgan fingerprint density at radius 2 is 1.52 bits per heavy atom. The van der Waals surface area contributed by atoms with Crippen LogP contribution in [0.4, 0.5) is 4.79 Å². The highest BCUT2D eigenvalue weighted by Crippen LogP contribution is 2.45. The Balaban J connectivity index is 1.99. The number of nitrogens with two attached hydrogens (primary N) is 1. The van der Waals surface area contributed by atoms with E-state index >= 15 is 0 Å². The average Bonchev–Trinajstić information content (AvgIpc) is 2.87. The number of carbonyl (C=O) groups excluding carboxylic acids is 2. The quantitative estimate of drug-likeness (QED) is 0.912. The minimum absolute atomic E-state index is 0.160. The van der Waals surface area contributed by atoms with Crippen LogP contribution >= 0.6 is 0 Å². The Morgan fingerprint density at radius 3 is 2.00 bits per heavy atom. The van der Waals surface area contributed by atoms with Crippen molar-refractivity contribution >= 4 is 11.9 Å². The molecule has 0 aliphatic heterocycles. The number of likely N-dealkylation sites (N-methyl/N-ethyl adjacent to an activating group) is 1. The Labute approximate surface area is 135 Å². The highest BCUT2D eigenvalue weighted by Gasteiger charge is 2.34. The number of fused-ring (bicyclic) bond motifs is 3. The molecule has 1 aliphatic carbocycles. The van der Waals surface area contributed by atoms with Gasteiger partial charge >= 0.3 is 6.03 Å². The number of primary amides is 1. The molecule has 0 saturated carbocycles. The van der Waals surface area contributed by atoms with Crippen LogP contribution < -0.4 is 11.1 Å². The zero-order valence-electron chi connectivity index (χ0n) is 13.1. The maximum absolute atomic E-state index is 12.6. The number of carbonyl (C=O) groups is 2. The first kappa shape index (κ1) is 15.1. The van der Waals surface area contributed by atoms with Crippen molar-refractivity contribution in [1.82, 2.24) is 10.2 Å². The topological polar surface area (TPSA) is 75.4 Å². The number of hydrogen-bond donors (Lipinski definition) is 2. The van der Waals surface area contributed by atoms with E-state index < -0.39 is 12.1 Å².